The van der Waals surface area contributed by atoms with E-state index in [0.29, 0.717) is 23.5 Å². The number of urea groups is 1. The molecule has 1 saturated heterocycles. The van der Waals surface area contributed by atoms with Crippen molar-refractivity contribution >= 4 is 34.9 Å². The van der Waals surface area contributed by atoms with E-state index in [1.807, 2.05) is 30.5 Å². The summed E-state index contributed by atoms with van der Waals surface area (Å²) in [5.74, 6) is -0.235. The molecule has 1 aromatic carbocycles. The SMILES string of the molecule is CC(NC(=O)[C@@H]1CCCN1C(=O)c1cccs1)c1ccc(NC(N)=O)cc1. The van der Waals surface area contributed by atoms with Crippen LogP contribution >= 0.6 is 11.3 Å². The first kappa shape index (κ1) is 18.9. The zero-order valence-corrected chi connectivity index (χ0v) is 15.8. The molecule has 1 aliphatic heterocycles. The Kier molecular flexibility index (Phi) is 5.75. The van der Waals surface area contributed by atoms with Gasteiger partial charge in [-0.1, -0.05) is 18.2 Å². The first-order chi connectivity index (χ1) is 13.0. The largest absolute Gasteiger partial charge is 0.351 e. The van der Waals surface area contributed by atoms with Crippen LogP contribution in [0.5, 0.6) is 0 Å². The van der Waals surface area contributed by atoms with Gasteiger partial charge >= 0.3 is 6.03 Å². The van der Waals surface area contributed by atoms with E-state index in [1.165, 1.54) is 11.3 Å². The molecule has 8 heteroatoms. The quantitative estimate of drug-likeness (QED) is 0.736. The van der Waals surface area contributed by atoms with Crippen LogP contribution in [0, 0.1) is 0 Å². The third-order valence-corrected chi connectivity index (χ3v) is 5.44. The Morgan fingerprint density at radius 2 is 1.96 bits per heavy atom. The fourth-order valence-corrected chi connectivity index (χ4v) is 3.89. The van der Waals surface area contributed by atoms with E-state index in [4.69, 9.17) is 5.73 Å². The van der Waals surface area contributed by atoms with Crippen molar-refractivity contribution in [2.75, 3.05) is 11.9 Å². The molecule has 2 atom stereocenters. The van der Waals surface area contributed by atoms with Crippen molar-refractivity contribution in [2.24, 2.45) is 5.73 Å². The monoisotopic (exact) mass is 386 g/mol. The third kappa shape index (κ3) is 4.46. The molecule has 1 aromatic heterocycles. The Balaban J connectivity index is 1.63. The van der Waals surface area contributed by atoms with Crippen molar-refractivity contribution in [3.63, 3.8) is 0 Å². The van der Waals surface area contributed by atoms with Gasteiger partial charge in [0.15, 0.2) is 0 Å². The minimum absolute atomic E-state index is 0.0859. The summed E-state index contributed by atoms with van der Waals surface area (Å²) >= 11 is 1.39. The number of likely N-dealkylation sites (tertiary alicyclic amines) is 1. The zero-order chi connectivity index (χ0) is 19.4. The number of nitrogens with zero attached hydrogens (tertiary/aromatic N) is 1. The topological polar surface area (TPSA) is 105 Å². The first-order valence-corrected chi connectivity index (χ1v) is 9.65. The summed E-state index contributed by atoms with van der Waals surface area (Å²) < 4.78 is 0. The van der Waals surface area contributed by atoms with Gasteiger partial charge < -0.3 is 21.3 Å². The number of nitrogens with two attached hydrogens (primary N) is 1. The van der Waals surface area contributed by atoms with Crippen LogP contribution in [0.3, 0.4) is 0 Å². The molecular weight excluding hydrogens is 364 g/mol. The molecule has 142 valence electrons. The van der Waals surface area contributed by atoms with Crippen molar-refractivity contribution < 1.29 is 14.4 Å². The average Bonchev–Trinajstić information content (AvgIpc) is 3.33. The van der Waals surface area contributed by atoms with Crippen molar-refractivity contribution in [3.8, 4) is 0 Å². The molecule has 7 nitrogen and oxygen atoms in total. The number of thiophene rings is 1. The highest BCUT2D eigenvalue weighted by Gasteiger charge is 2.35. The van der Waals surface area contributed by atoms with Crippen LogP contribution in [-0.4, -0.2) is 35.3 Å². The maximum absolute atomic E-state index is 12.8. The van der Waals surface area contributed by atoms with E-state index in [0.717, 1.165) is 12.0 Å². The van der Waals surface area contributed by atoms with Crippen molar-refractivity contribution in [1.82, 2.24) is 10.2 Å². The van der Waals surface area contributed by atoms with Gasteiger partial charge in [-0.05, 0) is 48.9 Å². The number of hydrogen-bond donors (Lipinski definition) is 3. The summed E-state index contributed by atoms with van der Waals surface area (Å²) in [7, 11) is 0. The lowest BCUT2D eigenvalue weighted by Crippen LogP contribution is -2.46. The fourth-order valence-electron chi connectivity index (χ4n) is 3.21. The summed E-state index contributed by atoms with van der Waals surface area (Å²) in [6.45, 7) is 2.48. The number of hydrogen-bond acceptors (Lipinski definition) is 4. The molecule has 0 saturated carbocycles. The van der Waals surface area contributed by atoms with Gasteiger partial charge in [-0.3, -0.25) is 9.59 Å². The molecule has 1 unspecified atom stereocenters. The number of primary amides is 1. The number of rotatable bonds is 5. The lowest BCUT2D eigenvalue weighted by molar-refractivity contribution is -0.125. The molecule has 27 heavy (non-hydrogen) atoms. The van der Waals surface area contributed by atoms with Crippen LogP contribution in [-0.2, 0) is 4.79 Å². The zero-order valence-electron chi connectivity index (χ0n) is 15.0. The average molecular weight is 386 g/mol. The van der Waals surface area contributed by atoms with Crippen LogP contribution in [0.25, 0.3) is 0 Å². The van der Waals surface area contributed by atoms with Crippen LogP contribution in [0.4, 0.5) is 10.5 Å². The summed E-state index contributed by atoms with van der Waals surface area (Å²) in [5, 5.41) is 7.34. The van der Waals surface area contributed by atoms with Gasteiger partial charge in [0.05, 0.1) is 10.9 Å². The first-order valence-electron chi connectivity index (χ1n) is 8.77. The lowest BCUT2D eigenvalue weighted by atomic mass is 10.1. The predicted molar refractivity (Wildman–Crippen MR) is 105 cm³/mol. The van der Waals surface area contributed by atoms with E-state index >= 15 is 0 Å². The number of benzene rings is 1. The molecule has 1 aliphatic rings. The second kappa shape index (κ2) is 8.22. The van der Waals surface area contributed by atoms with E-state index in [1.54, 1.807) is 23.1 Å². The molecule has 2 aromatic rings. The van der Waals surface area contributed by atoms with Crippen LogP contribution < -0.4 is 16.4 Å². The van der Waals surface area contributed by atoms with Crippen LogP contribution in [0.1, 0.15) is 41.0 Å². The van der Waals surface area contributed by atoms with Crippen molar-refractivity contribution in [2.45, 2.75) is 31.8 Å². The molecule has 0 aliphatic carbocycles. The van der Waals surface area contributed by atoms with Gasteiger partial charge in [0.1, 0.15) is 6.04 Å². The normalized spacial score (nSPS) is 17.4. The molecule has 0 bridgehead atoms. The molecule has 0 spiro atoms. The van der Waals surface area contributed by atoms with E-state index in [2.05, 4.69) is 10.6 Å². The Morgan fingerprint density at radius 1 is 1.22 bits per heavy atom. The Labute approximate surface area is 161 Å². The molecule has 0 radical (unpaired) electrons. The number of carbonyl (C=O) groups is 3. The van der Waals surface area contributed by atoms with Crippen LogP contribution in [0.2, 0.25) is 0 Å². The standard InChI is InChI=1S/C19H22N4O3S/c1-12(13-6-8-14(9-7-13)22-19(20)26)21-17(24)15-4-2-10-23(15)18(25)16-5-3-11-27-16/h3,5-9,11-12,15H,2,4,10H2,1H3,(H,21,24)(H3,20,22,26)/t12?,15-/m0/s1. The second-order valence-corrected chi connectivity index (χ2v) is 7.42. The highest BCUT2D eigenvalue weighted by Crippen LogP contribution is 2.23. The van der Waals surface area contributed by atoms with E-state index in [9.17, 15) is 14.4 Å². The minimum atomic E-state index is -0.624. The highest BCUT2D eigenvalue weighted by atomic mass is 32.1. The van der Waals surface area contributed by atoms with Gasteiger partial charge in [0, 0.05) is 12.2 Å². The number of anilines is 1. The van der Waals surface area contributed by atoms with E-state index in [-0.39, 0.29) is 17.9 Å². The maximum atomic E-state index is 12.8. The fraction of sp³-hybridized carbons (Fsp3) is 0.316. The summed E-state index contributed by atoms with van der Waals surface area (Å²) in [4.78, 5) is 38.6. The number of amides is 4. The molecule has 4 amide bonds. The molecular formula is C19H22N4O3S. The smallest absolute Gasteiger partial charge is 0.316 e. The maximum Gasteiger partial charge on any atom is 0.316 e. The predicted octanol–water partition coefficient (Wildman–Crippen LogP) is 2.72. The third-order valence-electron chi connectivity index (χ3n) is 4.59. The summed E-state index contributed by atoms with van der Waals surface area (Å²) in [5.41, 5.74) is 6.58. The van der Waals surface area contributed by atoms with Gasteiger partial charge in [-0.25, -0.2) is 4.79 Å². The van der Waals surface area contributed by atoms with E-state index < -0.39 is 12.1 Å². The number of carbonyl (C=O) groups excluding carboxylic acids is 3. The number of nitrogens with one attached hydrogen (secondary N) is 2. The molecule has 3 rings (SSSR count). The summed E-state index contributed by atoms with van der Waals surface area (Å²) in [6, 6.07) is 9.42. The Morgan fingerprint density at radius 3 is 2.59 bits per heavy atom. The second-order valence-electron chi connectivity index (χ2n) is 6.48. The Hall–Kier alpha value is -2.87. The molecule has 2 heterocycles. The van der Waals surface area contributed by atoms with Crippen molar-refractivity contribution in [1.29, 1.82) is 0 Å². The van der Waals surface area contributed by atoms with Crippen LogP contribution in [0.15, 0.2) is 41.8 Å². The van der Waals surface area contributed by atoms with Gasteiger partial charge in [-0.2, -0.15) is 0 Å². The molecule has 1 fully saturated rings. The highest BCUT2D eigenvalue weighted by molar-refractivity contribution is 7.12. The Bertz CT molecular complexity index is 820. The lowest BCUT2D eigenvalue weighted by Gasteiger charge is -2.25. The molecule has 4 N–H and O–H groups in total. The van der Waals surface area contributed by atoms with Gasteiger partial charge in [0.2, 0.25) is 5.91 Å². The minimum Gasteiger partial charge on any atom is -0.351 e. The van der Waals surface area contributed by atoms with Gasteiger partial charge in [0.25, 0.3) is 5.91 Å². The van der Waals surface area contributed by atoms with Gasteiger partial charge in [-0.15, -0.1) is 11.3 Å². The summed E-state index contributed by atoms with van der Waals surface area (Å²) in [6.07, 6.45) is 1.48. The van der Waals surface area contributed by atoms with Crippen molar-refractivity contribution in [3.05, 3.63) is 52.2 Å².